The lowest BCUT2D eigenvalue weighted by Crippen LogP contribution is -2.26. The maximum absolute atomic E-state index is 9.97. The Bertz CT molecular complexity index is 362. The maximum Gasteiger partial charge on any atom is 0.134 e. The molecule has 0 aliphatic carbocycles. The van der Waals surface area contributed by atoms with Gasteiger partial charge in [-0.1, -0.05) is 22.4 Å². The van der Waals surface area contributed by atoms with Gasteiger partial charge in [0.25, 0.3) is 0 Å². The molecule has 2 rings (SSSR count). The summed E-state index contributed by atoms with van der Waals surface area (Å²) in [4.78, 5) is 0. The number of rotatable bonds is 1. The first-order valence-corrected chi connectivity index (χ1v) is 6.68. The molecule has 0 amide bonds. The Morgan fingerprint density at radius 2 is 2.07 bits per heavy atom. The van der Waals surface area contributed by atoms with Gasteiger partial charge in [0.05, 0.1) is 4.47 Å². The average molecular weight is 335 g/mol. The summed E-state index contributed by atoms with van der Waals surface area (Å²) in [5, 5.41) is 13.4. The van der Waals surface area contributed by atoms with Gasteiger partial charge in [0.1, 0.15) is 5.75 Å². The second kappa shape index (κ2) is 4.85. The zero-order chi connectivity index (χ0) is 10.8. The fraction of sp³-hybridized carbons (Fsp3) is 0.455. The van der Waals surface area contributed by atoms with Crippen LogP contribution in [-0.4, -0.2) is 11.7 Å². The van der Waals surface area contributed by atoms with E-state index in [4.69, 9.17) is 0 Å². The Morgan fingerprint density at radius 3 is 2.73 bits per heavy atom. The van der Waals surface area contributed by atoms with E-state index < -0.39 is 0 Å². The molecule has 0 spiro atoms. The number of phenols is 1. The summed E-state index contributed by atoms with van der Waals surface area (Å²) in [7, 11) is 0. The van der Waals surface area contributed by atoms with E-state index >= 15 is 0 Å². The average Bonchev–Trinajstić information content (AvgIpc) is 2.24. The van der Waals surface area contributed by atoms with Crippen LogP contribution in [0.1, 0.15) is 30.9 Å². The molecule has 0 unspecified atom stereocenters. The van der Waals surface area contributed by atoms with Gasteiger partial charge >= 0.3 is 0 Å². The van der Waals surface area contributed by atoms with Crippen molar-refractivity contribution in [3.63, 3.8) is 0 Å². The highest BCUT2D eigenvalue weighted by Gasteiger charge is 2.19. The van der Waals surface area contributed by atoms with Crippen LogP contribution in [0.4, 0.5) is 0 Å². The maximum atomic E-state index is 9.97. The topological polar surface area (TPSA) is 32.3 Å². The number of phenolic OH excluding ortho intramolecular Hbond substituents is 1. The first-order chi connectivity index (χ1) is 7.18. The van der Waals surface area contributed by atoms with Crippen molar-refractivity contribution >= 4 is 31.9 Å². The molecule has 15 heavy (non-hydrogen) atoms. The Balaban J connectivity index is 2.33. The molecule has 1 aromatic rings. The van der Waals surface area contributed by atoms with Crippen molar-refractivity contribution in [2.75, 3.05) is 6.54 Å². The van der Waals surface area contributed by atoms with Crippen LogP contribution in [0.15, 0.2) is 21.1 Å². The normalized spacial score (nSPS) is 21.6. The van der Waals surface area contributed by atoms with E-state index in [1.807, 2.05) is 12.1 Å². The van der Waals surface area contributed by atoms with Crippen LogP contribution in [-0.2, 0) is 0 Å². The lowest BCUT2D eigenvalue weighted by atomic mass is 9.97. The number of halogens is 2. The van der Waals surface area contributed by atoms with Crippen LogP contribution in [0.25, 0.3) is 0 Å². The molecule has 0 bridgehead atoms. The molecule has 2 nitrogen and oxygen atoms in total. The third kappa shape index (κ3) is 2.55. The fourth-order valence-corrected chi connectivity index (χ4v) is 3.23. The third-order valence-corrected chi connectivity index (χ3v) is 3.81. The van der Waals surface area contributed by atoms with Crippen LogP contribution in [0.5, 0.6) is 5.75 Å². The summed E-state index contributed by atoms with van der Waals surface area (Å²) in [5.41, 5.74) is 0.982. The Hall–Kier alpha value is -0.0600. The van der Waals surface area contributed by atoms with E-state index in [1.54, 1.807) is 0 Å². The molecule has 1 aromatic carbocycles. The van der Waals surface area contributed by atoms with Crippen molar-refractivity contribution in [2.24, 2.45) is 0 Å². The Morgan fingerprint density at radius 1 is 1.27 bits per heavy atom. The fourth-order valence-electron chi connectivity index (χ4n) is 1.97. The summed E-state index contributed by atoms with van der Waals surface area (Å²) in [5.74, 6) is 0.359. The van der Waals surface area contributed by atoms with Crippen molar-refractivity contribution < 1.29 is 5.11 Å². The van der Waals surface area contributed by atoms with Crippen LogP contribution < -0.4 is 5.32 Å². The summed E-state index contributed by atoms with van der Waals surface area (Å²) in [6, 6.07) is 4.14. The number of nitrogens with one attached hydrogen (secondary N) is 1. The van der Waals surface area contributed by atoms with Crippen molar-refractivity contribution in [3.8, 4) is 5.75 Å². The molecule has 0 radical (unpaired) electrons. The van der Waals surface area contributed by atoms with Crippen molar-refractivity contribution in [1.29, 1.82) is 0 Å². The molecule has 4 heteroatoms. The monoisotopic (exact) mass is 333 g/mol. The van der Waals surface area contributed by atoms with E-state index in [9.17, 15) is 5.11 Å². The number of aromatic hydroxyl groups is 1. The zero-order valence-corrected chi connectivity index (χ0v) is 11.4. The second-order valence-corrected chi connectivity index (χ2v) is 5.60. The molecular weight excluding hydrogens is 322 g/mol. The van der Waals surface area contributed by atoms with Gasteiger partial charge in [0, 0.05) is 16.1 Å². The van der Waals surface area contributed by atoms with Gasteiger partial charge in [0.15, 0.2) is 0 Å². The van der Waals surface area contributed by atoms with Crippen LogP contribution in [0.2, 0.25) is 0 Å². The Labute approximate surface area is 106 Å². The van der Waals surface area contributed by atoms with Gasteiger partial charge in [-0.3, -0.25) is 0 Å². The molecule has 0 aromatic heterocycles. The zero-order valence-electron chi connectivity index (χ0n) is 8.26. The van der Waals surface area contributed by atoms with Crippen molar-refractivity contribution in [1.82, 2.24) is 5.32 Å². The largest absolute Gasteiger partial charge is 0.506 e. The molecule has 1 saturated heterocycles. The molecule has 1 fully saturated rings. The predicted octanol–water partition coefficient (Wildman–Crippen LogP) is 3.73. The molecule has 1 aliphatic heterocycles. The lowest BCUT2D eigenvalue weighted by Gasteiger charge is -2.25. The molecule has 2 N–H and O–H groups in total. The number of hydrogen-bond acceptors (Lipinski definition) is 2. The van der Waals surface area contributed by atoms with Crippen LogP contribution >= 0.6 is 31.9 Å². The smallest absolute Gasteiger partial charge is 0.134 e. The van der Waals surface area contributed by atoms with E-state index in [0.29, 0.717) is 5.75 Å². The lowest BCUT2D eigenvalue weighted by molar-refractivity contribution is 0.389. The minimum atomic E-state index is 0.285. The molecule has 1 heterocycles. The van der Waals surface area contributed by atoms with Gasteiger partial charge in [-0.25, -0.2) is 0 Å². The number of benzene rings is 1. The van der Waals surface area contributed by atoms with E-state index in [1.165, 1.54) is 12.8 Å². The highest BCUT2D eigenvalue weighted by Crippen LogP contribution is 2.37. The van der Waals surface area contributed by atoms with Crippen LogP contribution in [0, 0.1) is 0 Å². The number of piperidine rings is 1. The second-order valence-electron chi connectivity index (χ2n) is 3.83. The SMILES string of the molecule is Oc1c(Br)cc(Br)cc1[C@@H]1CCCCN1. The molecular formula is C11H13Br2NO. The molecule has 82 valence electrons. The Kier molecular flexibility index (Phi) is 3.69. The summed E-state index contributed by atoms with van der Waals surface area (Å²) in [6.45, 7) is 1.04. The standard InChI is InChI=1S/C11H13Br2NO/c12-7-5-8(11(15)9(13)6-7)10-3-1-2-4-14-10/h5-6,10,14-15H,1-4H2/t10-/m0/s1. The quantitative estimate of drug-likeness (QED) is 0.820. The first-order valence-electron chi connectivity index (χ1n) is 5.10. The third-order valence-electron chi connectivity index (χ3n) is 2.74. The van der Waals surface area contributed by atoms with E-state index in [-0.39, 0.29) is 6.04 Å². The van der Waals surface area contributed by atoms with Crippen molar-refractivity contribution in [2.45, 2.75) is 25.3 Å². The van der Waals surface area contributed by atoms with Gasteiger partial charge < -0.3 is 10.4 Å². The first kappa shape index (κ1) is 11.4. The van der Waals surface area contributed by atoms with E-state index in [0.717, 1.165) is 27.5 Å². The highest BCUT2D eigenvalue weighted by atomic mass is 79.9. The summed E-state index contributed by atoms with van der Waals surface area (Å²) in [6.07, 6.45) is 3.55. The minimum absolute atomic E-state index is 0.285. The molecule has 0 saturated carbocycles. The predicted molar refractivity (Wildman–Crippen MR) is 68.1 cm³/mol. The summed E-state index contributed by atoms with van der Waals surface area (Å²) >= 11 is 6.80. The minimum Gasteiger partial charge on any atom is -0.506 e. The number of hydrogen-bond donors (Lipinski definition) is 2. The van der Waals surface area contributed by atoms with Gasteiger partial charge in [-0.15, -0.1) is 0 Å². The van der Waals surface area contributed by atoms with Gasteiger partial charge in [0.2, 0.25) is 0 Å². The highest BCUT2D eigenvalue weighted by molar-refractivity contribution is 9.11. The van der Waals surface area contributed by atoms with E-state index in [2.05, 4.69) is 37.2 Å². The van der Waals surface area contributed by atoms with Crippen molar-refractivity contribution in [3.05, 3.63) is 26.6 Å². The van der Waals surface area contributed by atoms with Gasteiger partial charge in [-0.2, -0.15) is 0 Å². The van der Waals surface area contributed by atoms with Gasteiger partial charge in [-0.05, 0) is 47.4 Å². The molecule has 1 aliphatic rings. The molecule has 1 atom stereocenters. The van der Waals surface area contributed by atoms with Crippen LogP contribution in [0.3, 0.4) is 0 Å². The summed E-state index contributed by atoms with van der Waals surface area (Å²) < 4.78 is 1.74.